The fraction of sp³-hybridized carbons (Fsp3) is 0.900. The highest BCUT2D eigenvalue weighted by Gasteiger charge is 2.14. The molecule has 0 rings (SSSR count). The zero-order chi connectivity index (χ0) is 11.8. The molecular weight excluding hydrogens is 218 g/mol. The molecule has 1 amide bonds. The monoisotopic (exact) mass is 237 g/mol. The molecule has 1 unspecified atom stereocenters. The van der Waals surface area contributed by atoms with E-state index in [1.165, 1.54) is 0 Å². The fourth-order valence-electron chi connectivity index (χ4n) is 0.981. The van der Waals surface area contributed by atoms with Gasteiger partial charge in [-0.1, -0.05) is 0 Å². The van der Waals surface area contributed by atoms with Gasteiger partial charge in [0.1, 0.15) is 6.61 Å². The molecular formula is C10H20ClNO3. The first-order valence-electron chi connectivity index (χ1n) is 4.96. The lowest BCUT2D eigenvalue weighted by atomic mass is 10.4. The second kappa shape index (κ2) is 7.91. The summed E-state index contributed by atoms with van der Waals surface area (Å²) >= 11 is 5.92. The number of ether oxygens (including phenoxy) is 2. The molecule has 90 valence electrons. The molecule has 0 aromatic rings. The number of hydrogen-bond acceptors (Lipinski definition) is 3. The van der Waals surface area contributed by atoms with Crippen LogP contribution in [0.3, 0.4) is 0 Å². The molecule has 0 aromatic carbocycles. The van der Waals surface area contributed by atoms with Crippen LogP contribution in [-0.2, 0) is 14.3 Å². The largest absolute Gasteiger partial charge is 0.383 e. The van der Waals surface area contributed by atoms with Crippen LogP contribution in [0.2, 0.25) is 0 Å². The van der Waals surface area contributed by atoms with Crippen LogP contribution < -0.4 is 0 Å². The minimum absolute atomic E-state index is 0.0631. The molecule has 0 aliphatic rings. The van der Waals surface area contributed by atoms with Crippen LogP contribution in [0.15, 0.2) is 0 Å². The molecule has 1 atom stereocenters. The third kappa shape index (κ3) is 7.59. The zero-order valence-corrected chi connectivity index (χ0v) is 10.6. The number of amides is 1. The van der Waals surface area contributed by atoms with E-state index in [9.17, 15) is 4.79 Å². The molecule has 0 bridgehead atoms. The molecule has 4 nitrogen and oxygen atoms in total. The van der Waals surface area contributed by atoms with Crippen LogP contribution in [0.25, 0.3) is 0 Å². The number of likely N-dealkylation sites (N-methyl/N-ethyl adjacent to an activating group) is 1. The Hall–Kier alpha value is -0.320. The first-order chi connectivity index (χ1) is 6.97. The minimum atomic E-state index is -0.178. The predicted molar refractivity (Wildman–Crippen MR) is 60.2 cm³/mol. The summed E-state index contributed by atoms with van der Waals surface area (Å²) in [6, 6.07) is 0. The van der Waals surface area contributed by atoms with Gasteiger partial charge in [-0.3, -0.25) is 4.79 Å². The van der Waals surface area contributed by atoms with Gasteiger partial charge in [0.25, 0.3) is 0 Å². The average molecular weight is 238 g/mol. The molecule has 0 radical (unpaired) electrons. The molecule has 0 aliphatic carbocycles. The van der Waals surface area contributed by atoms with Crippen LogP contribution in [0.1, 0.15) is 13.8 Å². The van der Waals surface area contributed by atoms with Gasteiger partial charge in [0.15, 0.2) is 0 Å². The van der Waals surface area contributed by atoms with E-state index in [0.717, 1.165) is 0 Å². The fourth-order valence-corrected chi connectivity index (χ4v) is 1.31. The van der Waals surface area contributed by atoms with Gasteiger partial charge in [-0.05, 0) is 13.8 Å². The Kier molecular flexibility index (Phi) is 7.74. The van der Waals surface area contributed by atoms with Gasteiger partial charge in [-0.15, -0.1) is 11.6 Å². The summed E-state index contributed by atoms with van der Waals surface area (Å²) in [6.45, 7) is 4.79. The van der Waals surface area contributed by atoms with Gasteiger partial charge in [0.2, 0.25) is 5.91 Å². The first-order valence-corrected chi connectivity index (χ1v) is 5.39. The minimum Gasteiger partial charge on any atom is -0.383 e. The maximum absolute atomic E-state index is 11.5. The van der Waals surface area contributed by atoms with E-state index < -0.39 is 0 Å². The maximum Gasteiger partial charge on any atom is 0.248 e. The summed E-state index contributed by atoms with van der Waals surface area (Å²) < 4.78 is 10.1. The van der Waals surface area contributed by atoms with E-state index in [1.807, 2.05) is 13.8 Å². The number of alkyl halides is 1. The Morgan fingerprint density at radius 1 is 1.47 bits per heavy atom. The van der Waals surface area contributed by atoms with Crippen LogP contribution in [-0.4, -0.2) is 56.2 Å². The van der Waals surface area contributed by atoms with Gasteiger partial charge in [0, 0.05) is 20.7 Å². The summed E-state index contributed by atoms with van der Waals surface area (Å²) in [5.74, 6) is -0.0644. The molecule has 0 heterocycles. The van der Waals surface area contributed by atoms with Crippen molar-refractivity contribution in [3.63, 3.8) is 0 Å². The summed E-state index contributed by atoms with van der Waals surface area (Å²) in [4.78, 5) is 13.0. The molecule has 0 aromatic heterocycles. The third-order valence-corrected chi connectivity index (χ3v) is 2.05. The first kappa shape index (κ1) is 14.7. The van der Waals surface area contributed by atoms with Crippen LogP contribution in [0, 0.1) is 0 Å². The summed E-state index contributed by atoms with van der Waals surface area (Å²) in [5, 5.41) is -0.178. The molecule has 0 saturated carbocycles. The van der Waals surface area contributed by atoms with Crippen molar-refractivity contribution in [2.75, 3.05) is 33.9 Å². The van der Waals surface area contributed by atoms with Crippen molar-refractivity contribution in [2.45, 2.75) is 25.3 Å². The highest BCUT2D eigenvalue weighted by Crippen LogP contribution is 2.00. The van der Waals surface area contributed by atoms with Crippen molar-refractivity contribution >= 4 is 17.5 Å². The normalized spacial score (nSPS) is 12.9. The number of carbonyl (C=O) groups is 1. The van der Waals surface area contributed by atoms with Crippen molar-refractivity contribution in [1.82, 2.24) is 4.90 Å². The summed E-state index contributed by atoms with van der Waals surface area (Å²) in [7, 11) is 3.29. The van der Waals surface area contributed by atoms with Crippen LogP contribution in [0.5, 0.6) is 0 Å². The number of rotatable bonds is 7. The molecule has 0 fully saturated rings. The number of nitrogens with zero attached hydrogens (tertiary/aromatic N) is 1. The lowest BCUT2D eigenvalue weighted by Crippen LogP contribution is -2.36. The highest BCUT2D eigenvalue weighted by atomic mass is 35.5. The summed E-state index contributed by atoms with van der Waals surface area (Å²) in [5.41, 5.74) is 0. The second-order valence-corrected chi connectivity index (χ2v) is 4.30. The lowest BCUT2D eigenvalue weighted by molar-refractivity contribution is -0.136. The van der Waals surface area contributed by atoms with Gasteiger partial charge in [-0.25, -0.2) is 0 Å². The van der Waals surface area contributed by atoms with Crippen LogP contribution >= 0.6 is 11.6 Å². The Balaban J connectivity index is 3.78. The van der Waals surface area contributed by atoms with E-state index in [0.29, 0.717) is 13.2 Å². The predicted octanol–water partition coefficient (Wildman–Crippen LogP) is 1.12. The van der Waals surface area contributed by atoms with Crippen molar-refractivity contribution < 1.29 is 14.3 Å². The lowest BCUT2D eigenvalue weighted by Gasteiger charge is -2.20. The van der Waals surface area contributed by atoms with E-state index in [2.05, 4.69) is 0 Å². The molecule has 0 N–H and O–H groups in total. The van der Waals surface area contributed by atoms with E-state index >= 15 is 0 Å². The molecule has 0 aliphatic heterocycles. The molecule has 0 spiro atoms. The van der Waals surface area contributed by atoms with Gasteiger partial charge in [0.05, 0.1) is 18.1 Å². The number of methoxy groups -OCH3 is 1. The van der Waals surface area contributed by atoms with Gasteiger partial charge >= 0.3 is 0 Å². The summed E-state index contributed by atoms with van der Waals surface area (Å²) in [6.07, 6.45) is 0.0631. The van der Waals surface area contributed by atoms with Crippen molar-refractivity contribution in [1.29, 1.82) is 0 Å². The van der Waals surface area contributed by atoms with Crippen molar-refractivity contribution in [2.24, 2.45) is 0 Å². The standard InChI is InChI=1S/C10H20ClNO3/c1-8(2)15-7-10(13)12(3)5-9(11)6-14-4/h8-9H,5-7H2,1-4H3. The SMILES string of the molecule is COCC(Cl)CN(C)C(=O)COC(C)C. The third-order valence-electron chi connectivity index (χ3n) is 1.79. The average Bonchev–Trinajstić information content (AvgIpc) is 2.14. The van der Waals surface area contributed by atoms with Crippen molar-refractivity contribution in [3.8, 4) is 0 Å². The van der Waals surface area contributed by atoms with Gasteiger partial charge in [-0.2, -0.15) is 0 Å². The maximum atomic E-state index is 11.5. The quantitative estimate of drug-likeness (QED) is 0.623. The number of hydrogen-bond donors (Lipinski definition) is 0. The number of carbonyl (C=O) groups excluding carboxylic acids is 1. The van der Waals surface area contributed by atoms with Crippen molar-refractivity contribution in [3.05, 3.63) is 0 Å². The van der Waals surface area contributed by atoms with E-state index in [4.69, 9.17) is 21.1 Å². The Morgan fingerprint density at radius 3 is 2.53 bits per heavy atom. The topological polar surface area (TPSA) is 38.8 Å². The van der Waals surface area contributed by atoms with Crippen LogP contribution in [0.4, 0.5) is 0 Å². The van der Waals surface area contributed by atoms with E-state index in [1.54, 1.807) is 19.1 Å². The molecule has 0 saturated heterocycles. The molecule has 5 heteroatoms. The number of halogens is 1. The second-order valence-electron chi connectivity index (χ2n) is 3.69. The Bertz CT molecular complexity index is 188. The Labute approximate surface area is 96.5 Å². The highest BCUT2D eigenvalue weighted by molar-refractivity contribution is 6.21. The zero-order valence-electron chi connectivity index (χ0n) is 9.83. The smallest absolute Gasteiger partial charge is 0.248 e. The van der Waals surface area contributed by atoms with E-state index in [-0.39, 0.29) is 24.0 Å². The molecule has 15 heavy (non-hydrogen) atoms. The van der Waals surface area contributed by atoms with Gasteiger partial charge < -0.3 is 14.4 Å². The Morgan fingerprint density at radius 2 is 2.07 bits per heavy atom.